The molecule has 3 N–H and O–H groups in total. The zero-order valence-corrected chi connectivity index (χ0v) is 6.30. The molecule has 1 rings (SSSR count). The Bertz CT molecular complexity index is 57.9. The highest BCUT2D eigenvalue weighted by Gasteiger charge is 2.18. The Morgan fingerprint density at radius 3 is 2.00 bits per heavy atom. The summed E-state index contributed by atoms with van der Waals surface area (Å²) in [6.45, 7) is 4.00. The molecular formula is C7H17NO. The molecule has 1 saturated carbocycles. The van der Waals surface area contributed by atoms with Gasteiger partial charge in [0.25, 0.3) is 0 Å². The normalized spacial score (nSPS) is 33.3. The van der Waals surface area contributed by atoms with Crippen LogP contribution in [0, 0.1) is 0 Å². The van der Waals surface area contributed by atoms with E-state index in [1.165, 1.54) is 0 Å². The SMILES string of the molecule is CC.N[C@H]1CC[C@@H](O)C1. The van der Waals surface area contributed by atoms with Crippen LogP contribution in [0.5, 0.6) is 0 Å². The van der Waals surface area contributed by atoms with Crippen molar-refractivity contribution in [3.8, 4) is 0 Å². The standard InChI is InChI=1S/C5H11NO.C2H6/c6-4-1-2-5(7)3-4;1-2/h4-5,7H,1-3,6H2;1-2H3/t4-,5+;/m0./s1. The van der Waals surface area contributed by atoms with Gasteiger partial charge in [-0.15, -0.1) is 0 Å². The smallest absolute Gasteiger partial charge is 0.0555 e. The highest BCUT2D eigenvalue weighted by atomic mass is 16.3. The van der Waals surface area contributed by atoms with Crippen molar-refractivity contribution in [2.45, 2.75) is 45.3 Å². The first kappa shape index (κ1) is 8.92. The zero-order chi connectivity index (χ0) is 7.28. The van der Waals surface area contributed by atoms with Gasteiger partial charge in [-0.25, -0.2) is 0 Å². The molecule has 0 amide bonds. The molecule has 0 heterocycles. The number of nitrogens with two attached hydrogens (primary N) is 1. The lowest BCUT2D eigenvalue weighted by Gasteiger charge is -1.96. The van der Waals surface area contributed by atoms with Crippen LogP contribution < -0.4 is 5.73 Å². The van der Waals surface area contributed by atoms with Crippen molar-refractivity contribution in [2.24, 2.45) is 5.73 Å². The molecule has 0 aliphatic heterocycles. The van der Waals surface area contributed by atoms with Gasteiger partial charge in [-0.05, 0) is 19.3 Å². The molecule has 2 atom stereocenters. The van der Waals surface area contributed by atoms with E-state index in [-0.39, 0.29) is 12.1 Å². The van der Waals surface area contributed by atoms with Crippen LogP contribution in [0.4, 0.5) is 0 Å². The molecule has 0 radical (unpaired) electrons. The topological polar surface area (TPSA) is 46.2 Å². The Morgan fingerprint density at radius 1 is 1.33 bits per heavy atom. The summed E-state index contributed by atoms with van der Waals surface area (Å²) < 4.78 is 0. The fraction of sp³-hybridized carbons (Fsp3) is 1.00. The number of aliphatic hydroxyl groups is 1. The first-order chi connectivity index (χ1) is 4.29. The molecule has 2 heteroatoms. The maximum Gasteiger partial charge on any atom is 0.0555 e. The molecule has 0 aromatic rings. The van der Waals surface area contributed by atoms with Gasteiger partial charge in [-0.2, -0.15) is 0 Å². The third-order valence-electron chi connectivity index (χ3n) is 1.45. The molecule has 0 unspecified atom stereocenters. The van der Waals surface area contributed by atoms with Crippen LogP contribution in [0.2, 0.25) is 0 Å². The first-order valence-electron chi connectivity index (χ1n) is 3.72. The van der Waals surface area contributed by atoms with Crippen LogP contribution in [0.15, 0.2) is 0 Å². The van der Waals surface area contributed by atoms with Crippen molar-refractivity contribution in [3.05, 3.63) is 0 Å². The van der Waals surface area contributed by atoms with Gasteiger partial charge in [0.2, 0.25) is 0 Å². The summed E-state index contributed by atoms with van der Waals surface area (Å²) in [5.74, 6) is 0. The van der Waals surface area contributed by atoms with Crippen molar-refractivity contribution in [1.82, 2.24) is 0 Å². The van der Waals surface area contributed by atoms with Crippen molar-refractivity contribution in [3.63, 3.8) is 0 Å². The predicted molar refractivity (Wildman–Crippen MR) is 39.2 cm³/mol. The van der Waals surface area contributed by atoms with Crippen LogP contribution in [-0.2, 0) is 0 Å². The minimum Gasteiger partial charge on any atom is -0.393 e. The second-order valence-electron chi connectivity index (χ2n) is 2.23. The van der Waals surface area contributed by atoms with Gasteiger partial charge in [0, 0.05) is 6.04 Å². The number of rotatable bonds is 0. The van der Waals surface area contributed by atoms with Gasteiger partial charge >= 0.3 is 0 Å². The lowest BCUT2D eigenvalue weighted by molar-refractivity contribution is 0.181. The van der Waals surface area contributed by atoms with Gasteiger partial charge < -0.3 is 10.8 Å². The van der Waals surface area contributed by atoms with E-state index in [1.54, 1.807) is 0 Å². The molecule has 0 spiro atoms. The Balaban J connectivity index is 0.000000291. The van der Waals surface area contributed by atoms with E-state index in [9.17, 15) is 0 Å². The Morgan fingerprint density at radius 2 is 1.89 bits per heavy atom. The minimum atomic E-state index is -0.102. The zero-order valence-electron chi connectivity index (χ0n) is 6.30. The van der Waals surface area contributed by atoms with Crippen molar-refractivity contribution in [1.29, 1.82) is 0 Å². The van der Waals surface area contributed by atoms with E-state index in [2.05, 4.69) is 0 Å². The van der Waals surface area contributed by atoms with Crippen LogP contribution in [0.1, 0.15) is 33.1 Å². The average Bonchev–Trinajstić information content (AvgIpc) is 2.20. The third kappa shape index (κ3) is 3.49. The summed E-state index contributed by atoms with van der Waals surface area (Å²) in [6.07, 6.45) is 2.61. The maximum atomic E-state index is 8.82. The van der Waals surface area contributed by atoms with Gasteiger partial charge in [0.05, 0.1) is 6.10 Å². The molecule has 56 valence electrons. The Hall–Kier alpha value is -0.0800. The van der Waals surface area contributed by atoms with Crippen molar-refractivity contribution >= 4 is 0 Å². The molecule has 0 aromatic heterocycles. The summed E-state index contributed by atoms with van der Waals surface area (Å²) >= 11 is 0. The van der Waals surface area contributed by atoms with E-state index >= 15 is 0 Å². The molecule has 0 aromatic carbocycles. The fourth-order valence-electron chi connectivity index (χ4n) is 0.992. The first-order valence-corrected chi connectivity index (χ1v) is 3.72. The average molecular weight is 131 g/mol. The van der Waals surface area contributed by atoms with Crippen molar-refractivity contribution in [2.75, 3.05) is 0 Å². The van der Waals surface area contributed by atoms with Crippen LogP contribution in [0.25, 0.3) is 0 Å². The summed E-state index contributed by atoms with van der Waals surface area (Å²) in [4.78, 5) is 0. The van der Waals surface area contributed by atoms with Crippen LogP contribution in [-0.4, -0.2) is 17.3 Å². The predicted octanol–water partition coefficient (Wildman–Crippen LogP) is 0.885. The molecule has 2 nitrogen and oxygen atoms in total. The number of aliphatic hydroxyl groups excluding tert-OH is 1. The number of hydrogen-bond acceptors (Lipinski definition) is 2. The van der Waals surface area contributed by atoms with Gasteiger partial charge in [-0.3, -0.25) is 0 Å². The van der Waals surface area contributed by atoms with E-state index in [4.69, 9.17) is 10.8 Å². The molecule has 0 bridgehead atoms. The van der Waals surface area contributed by atoms with E-state index in [1.807, 2.05) is 13.8 Å². The van der Waals surface area contributed by atoms with E-state index in [0.717, 1.165) is 19.3 Å². The minimum absolute atomic E-state index is 0.102. The monoisotopic (exact) mass is 131 g/mol. The summed E-state index contributed by atoms with van der Waals surface area (Å²) in [5.41, 5.74) is 5.47. The third-order valence-corrected chi connectivity index (χ3v) is 1.45. The van der Waals surface area contributed by atoms with Gasteiger partial charge in [0.1, 0.15) is 0 Å². The summed E-state index contributed by atoms with van der Waals surface area (Å²) in [7, 11) is 0. The molecule has 1 fully saturated rings. The molecule has 9 heavy (non-hydrogen) atoms. The molecule has 1 aliphatic carbocycles. The van der Waals surface area contributed by atoms with Crippen LogP contribution in [0.3, 0.4) is 0 Å². The highest BCUT2D eigenvalue weighted by Crippen LogP contribution is 2.15. The molecule has 1 aliphatic rings. The van der Waals surface area contributed by atoms with Crippen LogP contribution >= 0.6 is 0 Å². The fourth-order valence-corrected chi connectivity index (χ4v) is 0.992. The second kappa shape index (κ2) is 4.77. The highest BCUT2D eigenvalue weighted by molar-refractivity contribution is 4.76. The Labute approximate surface area is 57.1 Å². The summed E-state index contributed by atoms with van der Waals surface area (Å²) in [5, 5.41) is 8.82. The summed E-state index contributed by atoms with van der Waals surface area (Å²) in [6, 6.07) is 0.273. The quantitative estimate of drug-likeness (QED) is 0.512. The largest absolute Gasteiger partial charge is 0.393 e. The van der Waals surface area contributed by atoms with Gasteiger partial charge in [0.15, 0.2) is 0 Å². The van der Waals surface area contributed by atoms with Gasteiger partial charge in [-0.1, -0.05) is 13.8 Å². The number of hydrogen-bond donors (Lipinski definition) is 2. The maximum absolute atomic E-state index is 8.82. The lowest BCUT2D eigenvalue weighted by atomic mass is 10.3. The lowest BCUT2D eigenvalue weighted by Crippen LogP contribution is -2.15. The second-order valence-corrected chi connectivity index (χ2v) is 2.23. The molecule has 0 saturated heterocycles. The Kier molecular flexibility index (Phi) is 4.72. The molecular weight excluding hydrogens is 114 g/mol. The van der Waals surface area contributed by atoms with Crippen molar-refractivity contribution < 1.29 is 5.11 Å². The van der Waals surface area contributed by atoms with E-state index < -0.39 is 0 Å². The van der Waals surface area contributed by atoms with E-state index in [0.29, 0.717) is 0 Å².